The van der Waals surface area contributed by atoms with E-state index in [1.807, 2.05) is 32.6 Å². The Labute approximate surface area is 689 Å². The number of fused-ring (bicyclic) bond motifs is 4. The number of nitrogens with one attached hydrogen (secondary N) is 8. The molecule has 0 aliphatic carbocycles. The van der Waals surface area contributed by atoms with E-state index < -0.39 is 107 Å². The van der Waals surface area contributed by atoms with Crippen LogP contribution in [0.1, 0.15) is 237 Å². The molecule has 8 fully saturated rings. The molecule has 10 aromatic rings. The van der Waals surface area contributed by atoms with Crippen molar-refractivity contribution in [2.75, 3.05) is 86.2 Å². The van der Waals surface area contributed by atoms with Crippen LogP contribution in [0.15, 0.2) is 72.8 Å². The molecular formula is C88H102F8N18O6. The molecule has 0 spiro atoms. The van der Waals surface area contributed by atoms with Crippen LogP contribution < -0.4 is 40.9 Å². The standard InChI is InChI=1S/C51H62F4N10O6.C37H40F4N8/c1-26(2)43(60-50(68)70-5)48(66)63-18-10-12-41(63)46-56-35-22-29(31(52)24-37(35)58-46)39-14-15-40(65(39)28-20-33(54)45(34(55)21-28)62-16-8-7-9-17-62)30-23-36-38(25-32(30)53)59-47(57-36)42-13-11-19-64(42)49(67)44(27(3)4)61-51(69)71-6;38-23-18-31-29(44-36(46-31)27-6-4-10-42-27)16-21(23)33-8-9-34(22-17-30-32(19-24(22)39)47-37(45-30)28-7-5-11-43-28)49(33)20-14-25(40)35(26(41)15-20)48-12-2-1-3-13-48/h20-27,39-44H,7-19H2,1-6H3,(H,56,58)(H,57,59)(H,60,68)(H,61,69);14-19,27-28,33-34,42-43H,1-13H2,(H,44,46)(H,45,47)/t39-,40-,41+,42+,43+,44?;27-,28-,33+,34+/m10/s1. The Hall–Kier alpha value is -10.8. The number of ether oxygens (including phenoxy) is 2. The Morgan fingerprint density at radius 3 is 0.967 bits per heavy atom. The van der Waals surface area contributed by atoms with E-state index >= 15 is 35.1 Å². The van der Waals surface area contributed by atoms with Gasteiger partial charge in [0.15, 0.2) is 23.3 Å². The molecule has 4 aromatic heterocycles. The number of hydrogen-bond acceptors (Lipinski definition) is 16. The molecule has 12 heterocycles. The number of piperidine rings is 2. The van der Waals surface area contributed by atoms with E-state index in [0.717, 1.165) is 88.9 Å². The number of carbonyl (C=O) groups is 4. The summed E-state index contributed by atoms with van der Waals surface area (Å²) in [5.41, 5.74) is 5.38. The third kappa shape index (κ3) is 15.7. The number of hydrogen-bond donors (Lipinski definition) is 8. The average molecular weight is 1660 g/mol. The van der Waals surface area contributed by atoms with Crippen molar-refractivity contribution in [1.82, 2.24) is 70.9 Å². The quantitative estimate of drug-likeness (QED) is 0.0371. The normalized spacial score (nSPS) is 22.8. The molecule has 0 radical (unpaired) electrons. The summed E-state index contributed by atoms with van der Waals surface area (Å²) in [6.45, 7) is 12.1. The first kappa shape index (κ1) is 81.6. The highest BCUT2D eigenvalue weighted by Crippen LogP contribution is 2.53. The maximum absolute atomic E-state index is 16.8. The van der Waals surface area contributed by atoms with Gasteiger partial charge in [0.25, 0.3) is 0 Å². The first-order valence-corrected chi connectivity index (χ1v) is 42.5. The minimum absolute atomic E-state index is 0.0352. The van der Waals surface area contributed by atoms with Crippen molar-refractivity contribution in [3.8, 4) is 0 Å². The van der Waals surface area contributed by atoms with Crippen molar-refractivity contribution in [3.63, 3.8) is 0 Å². The largest absolute Gasteiger partial charge is 0.453 e. The van der Waals surface area contributed by atoms with Gasteiger partial charge >= 0.3 is 12.2 Å². The van der Waals surface area contributed by atoms with E-state index in [9.17, 15) is 19.2 Å². The molecule has 32 heteroatoms. The zero-order chi connectivity index (χ0) is 83.6. The molecule has 1 unspecified atom stereocenters. The van der Waals surface area contributed by atoms with Gasteiger partial charge in [-0.25, -0.2) is 64.6 Å². The van der Waals surface area contributed by atoms with Gasteiger partial charge in [0, 0.05) is 97.2 Å². The SMILES string of the molecule is COC(=O)NC(C(=O)N1CCC[C@H]1c1nc2cc(F)c([C@H]3CC[C@H](c4cc5[nH]c([C@@H]6CCCN6C(=O)[C@@H](NC(=O)OC)C(C)C)nc5cc4F)N3c3cc(F)c(N4CCCCC4)c(F)c3)cc2[nH]1)C(C)C.Fc1cc2nc([C@@H]3CCCN3)[nH]c2cc1[C@H]1CC[C@H](c2cc3[nH]c([C@@H]4CCCN4)nc3cc2F)N1c1cc(F)c(N2CCCCC2)c(F)c1. The molecule has 8 aliphatic rings. The lowest BCUT2D eigenvalue weighted by atomic mass is 10.0. The first-order chi connectivity index (χ1) is 58.0. The third-order valence-corrected chi connectivity index (χ3v) is 25.9. The van der Waals surface area contributed by atoms with Crippen molar-refractivity contribution in [2.24, 2.45) is 11.8 Å². The van der Waals surface area contributed by atoms with Crippen LogP contribution in [0.2, 0.25) is 0 Å². The lowest BCUT2D eigenvalue weighted by Gasteiger charge is -2.35. The number of anilines is 4. The lowest BCUT2D eigenvalue weighted by Crippen LogP contribution is -2.51. The number of likely N-dealkylation sites (tertiary alicyclic amines) is 2. The Kier molecular flexibility index (Phi) is 23.1. The number of rotatable bonds is 18. The number of amides is 4. The number of aromatic amines is 4. The summed E-state index contributed by atoms with van der Waals surface area (Å²) in [5.74, 6) is -3.69. The lowest BCUT2D eigenvalue weighted by molar-refractivity contribution is -0.136. The number of aromatic nitrogens is 8. The van der Waals surface area contributed by atoms with Crippen LogP contribution in [0.4, 0.5) is 67.5 Å². The van der Waals surface area contributed by atoms with E-state index in [-0.39, 0.29) is 82.5 Å². The third-order valence-electron chi connectivity index (χ3n) is 25.9. The molecule has 120 heavy (non-hydrogen) atoms. The second-order valence-corrected chi connectivity index (χ2v) is 34.1. The fourth-order valence-electron chi connectivity index (χ4n) is 20.0. The van der Waals surface area contributed by atoms with Crippen molar-refractivity contribution in [3.05, 3.63) is 165 Å². The Morgan fingerprint density at radius 1 is 0.367 bits per heavy atom. The Morgan fingerprint density at radius 2 is 0.675 bits per heavy atom. The molecule has 8 saturated heterocycles. The highest BCUT2D eigenvalue weighted by molar-refractivity contribution is 5.88. The number of H-pyrrole nitrogens is 4. The number of alkyl carbamates (subject to hydrolysis) is 2. The number of nitrogens with zero attached hydrogens (tertiary/aromatic N) is 10. The molecule has 636 valence electrons. The van der Waals surface area contributed by atoms with Crippen molar-refractivity contribution < 1.29 is 63.8 Å². The van der Waals surface area contributed by atoms with Gasteiger partial charge in [-0.3, -0.25) is 9.59 Å². The summed E-state index contributed by atoms with van der Waals surface area (Å²) < 4.78 is 140. The minimum Gasteiger partial charge on any atom is -0.453 e. The molecule has 18 rings (SSSR count). The van der Waals surface area contributed by atoms with Crippen LogP contribution in [0.5, 0.6) is 0 Å². The van der Waals surface area contributed by atoms with Gasteiger partial charge in [0.1, 0.15) is 70.0 Å². The van der Waals surface area contributed by atoms with Crippen LogP contribution in [0.25, 0.3) is 44.1 Å². The Balaban J connectivity index is 0.000000182. The number of methoxy groups -OCH3 is 2. The molecule has 6 aromatic carbocycles. The van der Waals surface area contributed by atoms with Crippen LogP contribution in [-0.2, 0) is 19.1 Å². The number of benzene rings is 6. The second kappa shape index (κ2) is 34.0. The van der Waals surface area contributed by atoms with E-state index in [4.69, 9.17) is 19.4 Å². The summed E-state index contributed by atoms with van der Waals surface area (Å²) >= 11 is 0. The number of imidazole rings is 4. The summed E-state index contributed by atoms with van der Waals surface area (Å²) in [6, 6.07) is 12.1. The fraction of sp³-hybridized carbons (Fsp3) is 0.500. The topological polar surface area (TPSA) is 269 Å². The molecular weight excluding hydrogens is 1560 g/mol. The molecule has 8 aliphatic heterocycles. The molecule has 0 bridgehead atoms. The summed E-state index contributed by atoms with van der Waals surface area (Å²) in [6.07, 6.45) is 11.8. The molecule has 4 amide bonds. The monoisotopic (exact) mass is 1660 g/mol. The predicted molar refractivity (Wildman–Crippen MR) is 439 cm³/mol. The van der Waals surface area contributed by atoms with E-state index in [1.165, 1.54) is 62.8 Å². The van der Waals surface area contributed by atoms with Gasteiger partial charge in [-0.2, -0.15) is 0 Å². The highest BCUT2D eigenvalue weighted by atomic mass is 19.2. The zero-order valence-electron chi connectivity index (χ0n) is 68.2. The maximum Gasteiger partial charge on any atom is 0.407 e. The Bertz CT molecular complexity index is 5210. The van der Waals surface area contributed by atoms with Gasteiger partial charge in [-0.15, -0.1) is 0 Å². The predicted octanol–water partition coefficient (Wildman–Crippen LogP) is 17.1. The highest BCUT2D eigenvalue weighted by Gasteiger charge is 2.45. The van der Waals surface area contributed by atoms with Crippen molar-refractivity contribution >= 4 is 90.9 Å². The zero-order valence-corrected chi connectivity index (χ0v) is 68.2. The smallest absolute Gasteiger partial charge is 0.407 e. The van der Waals surface area contributed by atoms with Gasteiger partial charge in [0.2, 0.25) is 11.8 Å². The summed E-state index contributed by atoms with van der Waals surface area (Å²) in [5, 5.41) is 12.2. The van der Waals surface area contributed by atoms with Crippen LogP contribution in [0, 0.1) is 58.4 Å². The molecule has 24 nitrogen and oxygen atoms in total. The molecule has 10 atom stereocenters. The number of carbonyl (C=O) groups excluding carboxylic acids is 4. The van der Waals surface area contributed by atoms with Gasteiger partial charge in [-0.1, -0.05) is 27.7 Å². The minimum atomic E-state index is -0.851. The van der Waals surface area contributed by atoms with Crippen LogP contribution >= 0.6 is 0 Å². The number of halogens is 8. The summed E-state index contributed by atoms with van der Waals surface area (Å²) in [7, 11) is 2.46. The second-order valence-electron chi connectivity index (χ2n) is 34.1. The van der Waals surface area contributed by atoms with Gasteiger partial charge < -0.3 is 80.1 Å². The van der Waals surface area contributed by atoms with E-state index in [1.54, 1.807) is 48.8 Å². The molecule has 8 N–H and O–H groups in total. The first-order valence-electron chi connectivity index (χ1n) is 42.5. The van der Waals surface area contributed by atoms with Crippen LogP contribution in [0.3, 0.4) is 0 Å². The van der Waals surface area contributed by atoms with Crippen molar-refractivity contribution in [2.45, 2.75) is 204 Å². The van der Waals surface area contributed by atoms with Gasteiger partial charge in [0.05, 0.1) is 107 Å². The fourth-order valence-corrected chi connectivity index (χ4v) is 20.0. The van der Waals surface area contributed by atoms with Crippen LogP contribution in [-0.4, -0.2) is 152 Å². The van der Waals surface area contributed by atoms with E-state index in [0.29, 0.717) is 145 Å². The van der Waals surface area contributed by atoms with Gasteiger partial charge in [-0.05, 0) is 189 Å². The van der Waals surface area contributed by atoms with Crippen molar-refractivity contribution in [1.29, 1.82) is 0 Å². The summed E-state index contributed by atoms with van der Waals surface area (Å²) in [4.78, 5) is 94.8. The maximum atomic E-state index is 16.8. The molecule has 0 saturated carbocycles. The average Bonchev–Trinajstić information content (AvgIpc) is 1.54. The van der Waals surface area contributed by atoms with E-state index in [2.05, 4.69) is 51.2 Å².